The highest BCUT2D eigenvalue weighted by molar-refractivity contribution is 6.01. The van der Waals surface area contributed by atoms with Crippen LogP contribution in [0.2, 0.25) is 0 Å². The molecule has 3 aromatic rings. The van der Waals surface area contributed by atoms with Crippen LogP contribution in [0.15, 0.2) is 66.9 Å². The van der Waals surface area contributed by atoms with Gasteiger partial charge in [0, 0.05) is 23.9 Å². The Morgan fingerprint density at radius 2 is 1.89 bits per heavy atom. The maximum Gasteiger partial charge on any atom is 0.249 e. The van der Waals surface area contributed by atoms with E-state index in [9.17, 15) is 9.18 Å². The average molecular weight is 363 g/mol. The molecule has 0 aliphatic carbocycles. The number of anilines is 1. The summed E-state index contributed by atoms with van der Waals surface area (Å²) in [7, 11) is 0. The second-order valence-electron chi connectivity index (χ2n) is 6.63. The number of aromatic nitrogens is 2. The van der Waals surface area contributed by atoms with Gasteiger partial charge in [0.1, 0.15) is 5.82 Å². The van der Waals surface area contributed by atoms with Crippen LogP contribution < -0.4 is 5.32 Å². The second kappa shape index (κ2) is 8.45. The second-order valence-corrected chi connectivity index (χ2v) is 6.63. The van der Waals surface area contributed by atoms with Gasteiger partial charge in [-0.05, 0) is 29.2 Å². The Hall–Kier alpha value is -3.21. The van der Waals surface area contributed by atoms with Crippen molar-refractivity contribution in [2.45, 2.75) is 26.3 Å². The van der Waals surface area contributed by atoms with Gasteiger partial charge in [0.05, 0.1) is 6.54 Å². The summed E-state index contributed by atoms with van der Waals surface area (Å²) in [6, 6.07) is 16.3. The van der Waals surface area contributed by atoms with Gasteiger partial charge in [-0.1, -0.05) is 56.3 Å². The van der Waals surface area contributed by atoms with Crippen molar-refractivity contribution in [3.05, 3.63) is 89.4 Å². The minimum atomic E-state index is -0.273. The fourth-order valence-electron chi connectivity index (χ4n) is 2.65. The average Bonchev–Trinajstić information content (AvgIpc) is 3.09. The van der Waals surface area contributed by atoms with Crippen molar-refractivity contribution >= 4 is 17.8 Å². The molecule has 0 aliphatic heterocycles. The molecule has 0 fully saturated rings. The highest BCUT2D eigenvalue weighted by atomic mass is 19.1. The van der Waals surface area contributed by atoms with Crippen molar-refractivity contribution in [2.24, 2.45) is 0 Å². The van der Waals surface area contributed by atoms with E-state index in [1.807, 2.05) is 12.1 Å². The minimum absolute atomic E-state index is 0.265. The van der Waals surface area contributed by atoms with Gasteiger partial charge in [0.25, 0.3) is 0 Å². The van der Waals surface area contributed by atoms with Crippen LogP contribution in [0.4, 0.5) is 10.2 Å². The van der Waals surface area contributed by atoms with E-state index in [0.29, 0.717) is 23.8 Å². The van der Waals surface area contributed by atoms with Crippen LogP contribution in [-0.4, -0.2) is 15.7 Å². The van der Waals surface area contributed by atoms with Crippen molar-refractivity contribution in [2.75, 3.05) is 5.32 Å². The maximum atomic E-state index is 13.7. The van der Waals surface area contributed by atoms with Crippen LogP contribution in [0, 0.1) is 5.82 Å². The Morgan fingerprint density at radius 3 is 2.59 bits per heavy atom. The molecule has 0 spiro atoms. The number of carbonyl (C=O) groups excluding carboxylic acids is 1. The zero-order chi connectivity index (χ0) is 19.2. The lowest BCUT2D eigenvalue weighted by Gasteiger charge is -2.04. The highest BCUT2D eigenvalue weighted by Crippen LogP contribution is 2.15. The largest absolute Gasteiger partial charge is 0.306 e. The first-order valence-corrected chi connectivity index (χ1v) is 8.87. The molecule has 5 heteroatoms. The number of halogens is 1. The van der Waals surface area contributed by atoms with E-state index in [2.05, 4.69) is 36.4 Å². The molecule has 2 aromatic carbocycles. The number of carbonyl (C=O) groups is 1. The summed E-state index contributed by atoms with van der Waals surface area (Å²) in [5, 5.41) is 6.97. The molecule has 0 saturated heterocycles. The molecular formula is C22H22FN3O. The fourth-order valence-corrected chi connectivity index (χ4v) is 2.65. The summed E-state index contributed by atoms with van der Waals surface area (Å²) < 4.78 is 15.3. The summed E-state index contributed by atoms with van der Waals surface area (Å²) in [5.41, 5.74) is 2.76. The van der Waals surface area contributed by atoms with Crippen LogP contribution in [0.3, 0.4) is 0 Å². The predicted octanol–water partition coefficient (Wildman–Crippen LogP) is 4.85. The number of hydrogen-bond donors (Lipinski definition) is 1. The molecule has 0 unspecified atom stereocenters. The molecule has 0 saturated carbocycles. The molecule has 1 N–H and O–H groups in total. The first-order chi connectivity index (χ1) is 13.0. The van der Waals surface area contributed by atoms with Crippen LogP contribution >= 0.6 is 0 Å². The lowest BCUT2D eigenvalue weighted by molar-refractivity contribution is -0.111. The minimum Gasteiger partial charge on any atom is -0.306 e. The van der Waals surface area contributed by atoms with Gasteiger partial charge >= 0.3 is 0 Å². The molecule has 138 valence electrons. The lowest BCUT2D eigenvalue weighted by Crippen LogP contribution is -2.09. The Bertz CT molecular complexity index is 942. The zero-order valence-corrected chi connectivity index (χ0v) is 15.4. The van der Waals surface area contributed by atoms with Gasteiger partial charge in [0.2, 0.25) is 5.91 Å². The third kappa shape index (κ3) is 5.14. The van der Waals surface area contributed by atoms with E-state index in [1.54, 1.807) is 41.2 Å². The molecule has 27 heavy (non-hydrogen) atoms. The molecule has 1 heterocycles. The first-order valence-electron chi connectivity index (χ1n) is 8.87. The smallest absolute Gasteiger partial charge is 0.249 e. The standard InChI is InChI=1S/C22H22FN3O/c1-16(2)18-10-7-17(8-11-18)9-12-22(27)24-21-13-14-26(25-21)15-19-5-3-4-6-20(19)23/h3-14,16H,15H2,1-2H3,(H,24,25,27)/b12-9+. The van der Waals surface area contributed by atoms with E-state index < -0.39 is 0 Å². The zero-order valence-electron chi connectivity index (χ0n) is 15.4. The summed E-state index contributed by atoms with van der Waals surface area (Å²) >= 11 is 0. The monoisotopic (exact) mass is 363 g/mol. The Labute approximate surface area is 158 Å². The number of rotatable bonds is 6. The number of nitrogens with zero attached hydrogens (tertiary/aromatic N) is 2. The SMILES string of the molecule is CC(C)c1ccc(/C=C/C(=O)Nc2ccn(Cc3ccccc3F)n2)cc1. The van der Waals surface area contributed by atoms with Crippen LogP contribution in [0.1, 0.15) is 36.5 Å². The van der Waals surface area contributed by atoms with Crippen molar-refractivity contribution in [1.82, 2.24) is 9.78 Å². The molecule has 0 atom stereocenters. The normalized spacial score (nSPS) is 11.3. The first kappa shape index (κ1) is 18.6. The summed E-state index contributed by atoms with van der Waals surface area (Å²) in [6.07, 6.45) is 4.94. The third-order valence-electron chi connectivity index (χ3n) is 4.21. The van der Waals surface area contributed by atoms with Gasteiger partial charge in [-0.25, -0.2) is 4.39 Å². The van der Waals surface area contributed by atoms with Crippen molar-refractivity contribution in [3.63, 3.8) is 0 Å². The van der Waals surface area contributed by atoms with Gasteiger partial charge in [0.15, 0.2) is 5.82 Å². The van der Waals surface area contributed by atoms with Crippen LogP contribution in [0.25, 0.3) is 6.08 Å². The quantitative estimate of drug-likeness (QED) is 0.637. The lowest BCUT2D eigenvalue weighted by atomic mass is 10.0. The molecule has 4 nitrogen and oxygen atoms in total. The van der Waals surface area contributed by atoms with E-state index in [1.165, 1.54) is 17.7 Å². The van der Waals surface area contributed by atoms with Crippen LogP contribution in [-0.2, 0) is 11.3 Å². The topological polar surface area (TPSA) is 46.9 Å². The maximum absolute atomic E-state index is 13.7. The van der Waals surface area contributed by atoms with Crippen molar-refractivity contribution in [3.8, 4) is 0 Å². The number of amides is 1. The highest BCUT2D eigenvalue weighted by Gasteiger charge is 2.05. The summed E-state index contributed by atoms with van der Waals surface area (Å²) in [5.74, 6) is 0.367. The third-order valence-corrected chi connectivity index (χ3v) is 4.21. The van der Waals surface area contributed by atoms with E-state index in [0.717, 1.165) is 5.56 Å². The van der Waals surface area contributed by atoms with Gasteiger partial charge in [-0.3, -0.25) is 9.48 Å². The summed E-state index contributed by atoms with van der Waals surface area (Å²) in [6.45, 7) is 4.59. The Kier molecular flexibility index (Phi) is 5.81. The molecule has 0 bridgehead atoms. The molecule has 1 amide bonds. The van der Waals surface area contributed by atoms with E-state index in [4.69, 9.17) is 0 Å². The van der Waals surface area contributed by atoms with Crippen molar-refractivity contribution < 1.29 is 9.18 Å². The number of nitrogens with one attached hydrogen (secondary N) is 1. The number of hydrogen-bond acceptors (Lipinski definition) is 2. The predicted molar refractivity (Wildman–Crippen MR) is 106 cm³/mol. The van der Waals surface area contributed by atoms with Gasteiger partial charge < -0.3 is 5.32 Å². The molecular weight excluding hydrogens is 341 g/mol. The molecule has 0 aliphatic rings. The molecule has 1 aromatic heterocycles. The Morgan fingerprint density at radius 1 is 1.15 bits per heavy atom. The van der Waals surface area contributed by atoms with E-state index in [-0.39, 0.29) is 11.7 Å². The van der Waals surface area contributed by atoms with Gasteiger partial charge in [-0.15, -0.1) is 0 Å². The Balaban J connectivity index is 1.58. The van der Waals surface area contributed by atoms with Crippen LogP contribution in [0.5, 0.6) is 0 Å². The fraction of sp³-hybridized carbons (Fsp3) is 0.182. The number of benzene rings is 2. The van der Waals surface area contributed by atoms with Gasteiger partial charge in [-0.2, -0.15) is 5.10 Å². The van der Waals surface area contributed by atoms with E-state index >= 15 is 0 Å². The molecule has 0 radical (unpaired) electrons. The summed E-state index contributed by atoms with van der Waals surface area (Å²) in [4.78, 5) is 12.1. The van der Waals surface area contributed by atoms with Crippen molar-refractivity contribution in [1.29, 1.82) is 0 Å². The molecule has 3 rings (SSSR count).